The first kappa shape index (κ1) is 19.9. The third-order valence-corrected chi connectivity index (χ3v) is 5.81. The summed E-state index contributed by atoms with van der Waals surface area (Å²) in [7, 11) is 0. The molecule has 1 N–H and O–H groups in total. The molecule has 1 unspecified atom stereocenters. The second-order valence-electron chi connectivity index (χ2n) is 7.82. The van der Waals surface area contributed by atoms with Crippen molar-refractivity contribution in [2.75, 3.05) is 19.8 Å². The van der Waals surface area contributed by atoms with Gasteiger partial charge in [-0.2, -0.15) is 0 Å². The first-order valence-electron chi connectivity index (χ1n) is 10.8. The molecule has 31 heavy (non-hydrogen) atoms. The topological polar surface area (TPSA) is 57.2 Å². The van der Waals surface area contributed by atoms with E-state index in [1.807, 2.05) is 72.8 Å². The van der Waals surface area contributed by atoms with Crippen LogP contribution in [0.25, 0.3) is 0 Å². The Morgan fingerprint density at radius 3 is 2.10 bits per heavy atom. The molecule has 1 fully saturated rings. The van der Waals surface area contributed by atoms with Gasteiger partial charge in [-0.25, -0.2) is 0 Å². The lowest BCUT2D eigenvalue weighted by molar-refractivity contribution is -0.107. The average molecular weight is 418 g/mol. The van der Waals surface area contributed by atoms with E-state index < -0.39 is 5.60 Å². The zero-order valence-electron chi connectivity index (χ0n) is 17.3. The van der Waals surface area contributed by atoms with E-state index >= 15 is 0 Å². The van der Waals surface area contributed by atoms with Crippen molar-refractivity contribution >= 4 is 0 Å². The lowest BCUT2D eigenvalue weighted by Crippen LogP contribution is -2.33. The van der Waals surface area contributed by atoms with Gasteiger partial charge >= 0.3 is 0 Å². The molecule has 3 aromatic rings. The monoisotopic (exact) mass is 418 g/mol. The molecule has 5 rings (SSSR count). The molecule has 0 radical (unpaired) electrons. The van der Waals surface area contributed by atoms with E-state index in [2.05, 4.69) is 0 Å². The molecule has 0 saturated carbocycles. The number of ether oxygens (including phenoxy) is 4. The van der Waals surface area contributed by atoms with Gasteiger partial charge in [-0.05, 0) is 36.1 Å². The molecule has 0 aromatic heterocycles. The number of hydrogen-bond acceptors (Lipinski definition) is 5. The van der Waals surface area contributed by atoms with Gasteiger partial charge in [0.25, 0.3) is 0 Å². The first-order valence-corrected chi connectivity index (χ1v) is 10.8. The summed E-state index contributed by atoms with van der Waals surface area (Å²) in [4.78, 5) is 0. The van der Waals surface area contributed by atoms with E-state index in [9.17, 15) is 5.11 Å². The average Bonchev–Trinajstić information content (AvgIpc) is 2.85. The molecule has 2 heterocycles. The molecule has 1 atom stereocenters. The molecule has 0 bridgehead atoms. The third-order valence-electron chi connectivity index (χ3n) is 5.81. The Balaban J connectivity index is 1.73. The fourth-order valence-electron chi connectivity index (χ4n) is 4.30. The Bertz CT molecular complexity index is 973. The summed E-state index contributed by atoms with van der Waals surface area (Å²) in [5, 5.41) is 12.4. The van der Waals surface area contributed by atoms with Crippen molar-refractivity contribution in [3.63, 3.8) is 0 Å². The van der Waals surface area contributed by atoms with Gasteiger partial charge in [-0.3, -0.25) is 0 Å². The Hall–Kier alpha value is -3.02. The summed E-state index contributed by atoms with van der Waals surface area (Å²) >= 11 is 0. The molecular weight excluding hydrogens is 392 g/mol. The van der Waals surface area contributed by atoms with Crippen molar-refractivity contribution in [3.8, 4) is 17.2 Å². The van der Waals surface area contributed by atoms with E-state index in [-0.39, 0.29) is 6.29 Å². The highest BCUT2D eigenvalue weighted by molar-refractivity contribution is 5.63. The van der Waals surface area contributed by atoms with Crippen LogP contribution in [0.15, 0.2) is 72.8 Å². The van der Waals surface area contributed by atoms with Crippen LogP contribution in [0.1, 0.15) is 36.0 Å². The third kappa shape index (κ3) is 3.75. The molecule has 5 heteroatoms. The molecule has 160 valence electrons. The molecule has 2 aliphatic rings. The Morgan fingerprint density at radius 2 is 1.45 bits per heavy atom. The van der Waals surface area contributed by atoms with Crippen molar-refractivity contribution in [2.24, 2.45) is 0 Å². The maximum Gasteiger partial charge on any atom is 0.199 e. The molecule has 5 nitrogen and oxygen atoms in total. The van der Waals surface area contributed by atoms with E-state index in [1.54, 1.807) is 0 Å². The summed E-state index contributed by atoms with van der Waals surface area (Å²) in [6.07, 6.45) is 2.53. The molecular formula is C26H26O5. The zero-order chi connectivity index (χ0) is 21.1. The summed E-state index contributed by atoms with van der Waals surface area (Å²) < 4.78 is 24.1. The van der Waals surface area contributed by atoms with Gasteiger partial charge in [0.1, 0.15) is 24.6 Å². The number of aliphatic hydroxyl groups is 1. The lowest BCUT2D eigenvalue weighted by Gasteiger charge is -2.35. The van der Waals surface area contributed by atoms with Crippen LogP contribution in [0, 0.1) is 0 Å². The van der Waals surface area contributed by atoms with Crippen LogP contribution >= 0.6 is 0 Å². The minimum atomic E-state index is -1.50. The minimum Gasteiger partial charge on any atom is -0.486 e. The normalized spacial score (nSPS) is 18.4. The van der Waals surface area contributed by atoms with Gasteiger partial charge in [0, 0.05) is 6.42 Å². The zero-order valence-corrected chi connectivity index (χ0v) is 17.3. The molecule has 0 spiro atoms. The van der Waals surface area contributed by atoms with E-state index in [0.29, 0.717) is 42.6 Å². The van der Waals surface area contributed by atoms with Crippen LogP contribution in [0.3, 0.4) is 0 Å². The van der Waals surface area contributed by atoms with Gasteiger partial charge in [0.15, 0.2) is 17.8 Å². The lowest BCUT2D eigenvalue weighted by atomic mass is 9.79. The highest BCUT2D eigenvalue weighted by Gasteiger charge is 2.42. The van der Waals surface area contributed by atoms with Crippen molar-refractivity contribution in [2.45, 2.75) is 31.2 Å². The van der Waals surface area contributed by atoms with Crippen LogP contribution in [0.2, 0.25) is 0 Å². The molecule has 2 aliphatic heterocycles. The molecule has 1 saturated heterocycles. The quantitative estimate of drug-likeness (QED) is 0.612. The summed E-state index contributed by atoms with van der Waals surface area (Å²) in [5.41, 5.74) is 0.478. The predicted octanol–water partition coefficient (Wildman–Crippen LogP) is 4.65. The molecule has 3 aromatic carbocycles. The minimum absolute atomic E-state index is 0.356. The summed E-state index contributed by atoms with van der Waals surface area (Å²) in [5.74, 6) is 1.64. The fourth-order valence-corrected chi connectivity index (χ4v) is 4.30. The van der Waals surface area contributed by atoms with Crippen molar-refractivity contribution < 1.29 is 24.1 Å². The number of hydrogen-bond donors (Lipinski definition) is 1. The Labute approximate surface area is 182 Å². The van der Waals surface area contributed by atoms with Crippen LogP contribution in [0.5, 0.6) is 17.2 Å². The van der Waals surface area contributed by atoms with Crippen LogP contribution in [-0.4, -0.2) is 31.2 Å². The highest BCUT2D eigenvalue weighted by atomic mass is 16.7. The van der Waals surface area contributed by atoms with Crippen LogP contribution < -0.4 is 14.2 Å². The van der Waals surface area contributed by atoms with Crippen molar-refractivity contribution in [3.05, 3.63) is 89.5 Å². The maximum atomic E-state index is 12.4. The van der Waals surface area contributed by atoms with Gasteiger partial charge < -0.3 is 24.1 Å². The van der Waals surface area contributed by atoms with Gasteiger partial charge in [-0.15, -0.1) is 0 Å². The SMILES string of the molecule is OC(c1ccccc1)(c1ccccc1)c1c(OC2CCCCO2)ccc2c1OCCO2. The second-order valence-corrected chi connectivity index (χ2v) is 7.82. The van der Waals surface area contributed by atoms with Crippen molar-refractivity contribution in [1.82, 2.24) is 0 Å². The molecule has 0 aliphatic carbocycles. The van der Waals surface area contributed by atoms with E-state index in [4.69, 9.17) is 18.9 Å². The summed E-state index contributed by atoms with van der Waals surface area (Å²) in [6, 6.07) is 22.9. The van der Waals surface area contributed by atoms with Crippen LogP contribution in [0.4, 0.5) is 0 Å². The van der Waals surface area contributed by atoms with Crippen LogP contribution in [-0.2, 0) is 10.3 Å². The Morgan fingerprint density at radius 1 is 0.774 bits per heavy atom. The fraction of sp³-hybridized carbons (Fsp3) is 0.308. The Kier molecular flexibility index (Phi) is 5.53. The summed E-state index contributed by atoms with van der Waals surface area (Å²) in [6.45, 7) is 1.54. The highest BCUT2D eigenvalue weighted by Crippen LogP contribution is 2.50. The standard InChI is InChI=1S/C26H26O5/c27-26(19-9-3-1-4-10-19,20-11-5-2-6-12-20)24-21(31-23-13-7-8-16-29-23)14-15-22-25(24)30-18-17-28-22/h1-6,9-12,14-15,23,27H,7-8,13,16-18H2. The predicted molar refractivity (Wildman–Crippen MR) is 117 cm³/mol. The van der Waals surface area contributed by atoms with E-state index in [0.717, 1.165) is 30.4 Å². The van der Waals surface area contributed by atoms with Gasteiger partial charge in [0.2, 0.25) is 0 Å². The first-order chi connectivity index (χ1) is 15.3. The maximum absolute atomic E-state index is 12.4. The van der Waals surface area contributed by atoms with Crippen molar-refractivity contribution in [1.29, 1.82) is 0 Å². The number of fused-ring (bicyclic) bond motifs is 1. The smallest absolute Gasteiger partial charge is 0.199 e. The molecule has 0 amide bonds. The largest absolute Gasteiger partial charge is 0.486 e. The number of rotatable bonds is 5. The van der Waals surface area contributed by atoms with Gasteiger partial charge in [-0.1, -0.05) is 60.7 Å². The number of benzene rings is 3. The van der Waals surface area contributed by atoms with E-state index in [1.165, 1.54) is 0 Å². The second kappa shape index (κ2) is 8.61. The van der Waals surface area contributed by atoms with Gasteiger partial charge in [0.05, 0.1) is 12.2 Å².